The number of fused-ring (bicyclic) bond motifs is 1. The number of hydrogen-bond donors (Lipinski definition) is 1. The van der Waals surface area contributed by atoms with E-state index in [2.05, 4.69) is 36.1 Å². The Labute approximate surface area is 114 Å². The summed E-state index contributed by atoms with van der Waals surface area (Å²) in [6.45, 7) is 4.55. The standard InChI is InChI=1S/C15H22N2S/c1-11-6-8-17(10-13(11)16)14-7-9-18-15-5-3-2-4-12(14)15/h2-5,11,13-14H,6-10,16H2,1H3. The van der Waals surface area contributed by atoms with Gasteiger partial charge in [-0.1, -0.05) is 25.1 Å². The van der Waals surface area contributed by atoms with Crippen LogP contribution in [0.4, 0.5) is 0 Å². The lowest BCUT2D eigenvalue weighted by Gasteiger charge is -2.42. The molecule has 0 saturated carbocycles. The minimum atomic E-state index is 0.348. The molecule has 0 spiro atoms. The van der Waals surface area contributed by atoms with Crippen LogP contribution in [-0.4, -0.2) is 29.8 Å². The second-order valence-corrected chi connectivity index (χ2v) is 6.75. The van der Waals surface area contributed by atoms with Crippen LogP contribution in [0.3, 0.4) is 0 Å². The third kappa shape index (κ3) is 2.31. The molecule has 3 heteroatoms. The Kier molecular flexibility index (Phi) is 3.64. The summed E-state index contributed by atoms with van der Waals surface area (Å²) in [6.07, 6.45) is 2.51. The fourth-order valence-corrected chi connectivity index (χ4v) is 4.22. The number of benzene rings is 1. The Morgan fingerprint density at radius 3 is 2.94 bits per heavy atom. The summed E-state index contributed by atoms with van der Waals surface area (Å²) in [7, 11) is 0. The summed E-state index contributed by atoms with van der Waals surface area (Å²) in [5.74, 6) is 1.91. The average molecular weight is 262 g/mol. The highest BCUT2D eigenvalue weighted by Crippen LogP contribution is 2.40. The third-order valence-corrected chi connectivity index (χ3v) is 5.54. The first kappa shape index (κ1) is 12.5. The molecule has 2 heterocycles. The first-order chi connectivity index (χ1) is 8.75. The van der Waals surface area contributed by atoms with Gasteiger partial charge >= 0.3 is 0 Å². The van der Waals surface area contributed by atoms with E-state index in [4.69, 9.17) is 5.73 Å². The van der Waals surface area contributed by atoms with Crippen LogP contribution in [0.1, 0.15) is 31.4 Å². The van der Waals surface area contributed by atoms with E-state index >= 15 is 0 Å². The van der Waals surface area contributed by atoms with Gasteiger partial charge in [-0.05, 0) is 42.7 Å². The SMILES string of the molecule is CC1CCN(C2CCSc3ccccc32)CC1N. The van der Waals surface area contributed by atoms with Crippen molar-refractivity contribution in [1.29, 1.82) is 0 Å². The second kappa shape index (κ2) is 5.24. The van der Waals surface area contributed by atoms with Crippen molar-refractivity contribution >= 4 is 11.8 Å². The number of thioether (sulfide) groups is 1. The maximum Gasteiger partial charge on any atom is 0.0367 e. The topological polar surface area (TPSA) is 29.3 Å². The molecule has 18 heavy (non-hydrogen) atoms. The van der Waals surface area contributed by atoms with Crippen LogP contribution in [0.15, 0.2) is 29.2 Å². The molecular formula is C15H22N2S. The summed E-state index contributed by atoms with van der Waals surface area (Å²) in [6, 6.07) is 9.83. The summed E-state index contributed by atoms with van der Waals surface area (Å²) in [5.41, 5.74) is 7.77. The number of nitrogens with two attached hydrogens (primary N) is 1. The molecule has 2 aliphatic rings. The van der Waals surface area contributed by atoms with Crippen LogP contribution < -0.4 is 5.73 Å². The monoisotopic (exact) mass is 262 g/mol. The molecule has 3 unspecified atom stereocenters. The molecule has 0 radical (unpaired) electrons. The number of piperidine rings is 1. The smallest absolute Gasteiger partial charge is 0.0367 e. The van der Waals surface area contributed by atoms with E-state index in [-0.39, 0.29) is 0 Å². The van der Waals surface area contributed by atoms with E-state index in [0.717, 1.165) is 6.54 Å². The molecule has 98 valence electrons. The van der Waals surface area contributed by atoms with Crippen molar-refractivity contribution in [3.8, 4) is 0 Å². The fourth-order valence-electron chi connectivity index (χ4n) is 3.11. The lowest BCUT2D eigenvalue weighted by atomic mass is 9.91. The zero-order chi connectivity index (χ0) is 12.5. The molecular weight excluding hydrogens is 240 g/mol. The molecule has 0 aliphatic carbocycles. The molecule has 2 N–H and O–H groups in total. The van der Waals surface area contributed by atoms with Gasteiger partial charge < -0.3 is 5.73 Å². The highest BCUT2D eigenvalue weighted by Gasteiger charge is 2.31. The van der Waals surface area contributed by atoms with Crippen molar-refractivity contribution in [2.75, 3.05) is 18.8 Å². The first-order valence-corrected chi connectivity index (χ1v) is 7.95. The molecule has 0 aromatic heterocycles. The maximum atomic E-state index is 6.25. The molecule has 3 atom stereocenters. The fraction of sp³-hybridized carbons (Fsp3) is 0.600. The first-order valence-electron chi connectivity index (χ1n) is 6.97. The largest absolute Gasteiger partial charge is 0.326 e. The predicted octanol–water partition coefficient (Wildman–Crippen LogP) is 2.89. The van der Waals surface area contributed by atoms with Crippen LogP contribution in [0.25, 0.3) is 0 Å². The molecule has 2 aliphatic heterocycles. The predicted molar refractivity (Wildman–Crippen MR) is 77.9 cm³/mol. The Morgan fingerprint density at radius 1 is 1.28 bits per heavy atom. The zero-order valence-electron chi connectivity index (χ0n) is 11.0. The minimum Gasteiger partial charge on any atom is -0.326 e. The summed E-state index contributed by atoms with van der Waals surface area (Å²) < 4.78 is 0. The van der Waals surface area contributed by atoms with Crippen molar-refractivity contribution in [3.63, 3.8) is 0 Å². The molecule has 1 fully saturated rings. The van der Waals surface area contributed by atoms with E-state index in [1.807, 2.05) is 11.8 Å². The van der Waals surface area contributed by atoms with Gasteiger partial charge in [0.2, 0.25) is 0 Å². The van der Waals surface area contributed by atoms with Gasteiger partial charge in [-0.15, -0.1) is 11.8 Å². The highest BCUT2D eigenvalue weighted by atomic mass is 32.2. The lowest BCUT2D eigenvalue weighted by molar-refractivity contribution is 0.115. The average Bonchev–Trinajstić information content (AvgIpc) is 2.41. The van der Waals surface area contributed by atoms with Crippen LogP contribution in [0.5, 0.6) is 0 Å². The summed E-state index contributed by atoms with van der Waals surface area (Å²) in [5, 5.41) is 0. The normalized spacial score (nSPS) is 33.1. The van der Waals surface area contributed by atoms with Crippen LogP contribution in [0.2, 0.25) is 0 Å². The molecule has 0 amide bonds. The molecule has 1 aromatic carbocycles. The Balaban J connectivity index is 1.81. The van der Waals surface area contributed by atoms with Gasteiger partial charge in [0.1, 0.15) is 0 Å². The van der Waals surface area contributed by atoms with Gasteiger partial charge in [0.15, 0.2) is 0 Å². The quantitative estimate of drug-likeness (QED) is 0.844. The Morgan fingerprint density at radius 2 is 2.11 bits per heavy atom. The van der Waals surface area contributed by atoms with Crippen molar-refractivity contribution in [3.05, 3.63) is 29.8 Å². The van der Waals surface area contributed by atoms with E-state index in [9.17, 15) is 0 Å². The number of likely N-dealkylation sites (tertiary alicyclic amines) is 1. The number of hydrogen-bond acceptors (Lipinski definition) is 3. The van der Waals surface area contributed by atoms with Crippen LogP contribution in [0, 0.1) is 5.92 Å². The summed E-state index contributed by atoms with van der Waals surface area (Å²) >= 11 is 2.00. The zero-order valence-corrected chi connectivity index (χ0v) is 11.8. The van der Waals surface area contributed by atoms with Crippen molar-refractivity contribution in [2.45, 2.75) is 36.7 Å². The third-order valence-electron chi connectivity index (χ3n) is 4.42. The van der Waals surface area contributed by atoms with Gasteiger partial charge in [-0.2, -0.15) is 0 Å². The van der Waals surface area contributed by atoms with Gasteiger partial charge in [-0.25, -0.2) is 0 Å². The molecule has 1 aromatic rings. The van der Waals surface area contributed by atoms with Crippen molar-refractivity contribution in [1.82, 2.24) is 4.90 Å². The second-order valence-electron chi connectivity index (χ2n) is 5.62. The number of rotatable bonds is 1. The molecule has 2 nitrogen and oxygen atoms in total. The molecule has 0 bridgehead atoms. The maximum absolute atomic E-state index is 6.25. The van der Waals surface area contributed by atoms with E-state index in [1.165, 1.54) is 35.6 Å². The van der Waals surface area contributed by atoms with Crippen molar-refractivity contribution < 1.29 is 0 Å². The van der Waals surface area contributed by atoms with Crippen molar-refractivity contribution in [2.24, 2.45) is 11.7 Å². The lowest BCUT2D eigenvalue weighted by Crippen LogP contribution is -2.49. The van der Waals surface area contributed by atoms with E-state index < -0.39 is 0 Å². The molecule has 1 saturated heterocycles. The van der Waals surface area contributed by atoms with Gasteiger partial charge in [0.05, 0.1) is 0 Å². The van der Waals surface area contributed by atoms with E-state index in [1.54, 1.807) is 0 Å². The van der Waals surface area contributed by atoms with Crippen LogP contribution >= 0.6 is 11.8 Å². The minimum absolute atomic E-state index is 0.348. The van der Waals surface area contributed by atoms with Gasteiger partial charge in [0.25, 0.3) is 0 Å². The summed E-state index contributed by atoms with van der Waals surface area (Å²) in [4.78, 5) is 4.09. The van der Waals surface area contributed by atoms with E-state index in [0.29, 0.717) is 18.0 Å². The van der Waals surface area contributed by atoms with Gasteiger partial charge in [0, 0.05) is 23.5 Å². The van der Waals surface area contributed by atoms with Crippen LogP contribution in [-0.2, 0) is 0 Å². The Bertz CT molecular complexity index is 421. The number of nitrogens with zero attached hydrogens (tertiary/aromatic N) is 1. The Hall–Kier alpha value is -0.510. The molecule has 3 rings (SSSR count). The van der Waals surface area contributed by atoms with Gasteiger partial charge in [-0.3, -0.25) is 4.90 Å². The highest BCUT2D eigenvalue weighted by molar-refractivity contribution is 7.99.